The molecule has 0 amide bonds. The van der Waals surface area contributed by atoms with Gasteiger partial charge >= 0.3 is 6.18 Å². The molecule has 1 aromatic rings. The summed E-state index contributed by atoms with van der Waals surface area (Å²) in [4.78, 5) is 0. The number of ether oxygens (including phenoxy) is 1. The molecule has 0 unspecified atom stereocenters. The van der Waals surface area contributed by atoms with Crippen LogP contribution in [0.15, 0.2) is 28.4 Å². The van der Waals surface area contributed by atoms with E-state index >= 15 is 0 Å². The highest BCUT2D eigenvalue weighted by Crippen LogP contribution is 2.32. The van der Waals surface area contributed by atoms with Crippen LogP contribution in [0.25, 0.3) is 0 Å². The van der Waals surface area contributed by atoms with Gasteiger partial charge in [0.1, 0.15) is 5.75 Å². The average Bonchev–Trinajstić information content (AvgIpc) is 2.29. The maximum absolute atomic E-state index is 12.6. The summed E-state index contributed by atoms with van der Waals surface area (Å²) in [5.74, 6) is -0.0220. The number of nitrogens with zero attached hydrogens (tertiary/aromatic N) is 2. The molecule has 19 heavy (non-hydrogen) atoms. The number of rotatable bonds is 4. The van der Waals surface area contributed by atoms with E-state index in [1.807, 2.05) is 0 Å². The van der Waals surface area contributed by atoms with Crippen molar-refractivity contribution >= 4 is 12.2 Å². The largest absolute Gasteiger partial charge is 0.493 e. The molecular formula is C11H13F3N4O. The summed E-state index contributed by atoms with van der Waals surface area (Å²) in [5.41, 5.74) is 9.45. The summed E-state index contributed by atoms with van der Waals surface area (Å²) >= 11 is 0. The van der Waals surface area contributed by atoms with Gasteiger partial charge in [0.15, 0.2) is 0 Å². The van der Waals surface area contributed by atoms with E-state index in [0.29, 0.717) is 6.61 Å². The fourth-order valence-corrected chi connectivity index (χ4v) is 1.27. The van der Waals surface area contributed by atoms with Gasteiger partial charge in [-0.15, -0.1) is 5.10 Å². The van der Waals surface area contributed by atoms with Gasteiger partial charge in [0.05, 0.1) is 18.4 Å². The predicted molar refractivity (Wildman–Crippen MR) is 66.0 cm³/mol. The minimum absolute atomic E-state index is 0.140. The normalized spacial score (nSPS) is 11.6. The Balaban J connectivity index is 3.15. The molecular weight excluding hydrogens is 261 g/mol. The first kappa shape index (κ1) is 14.8. The van der Waals surface area contributed by atoms with Gasteiger partial charge in [-0.2, -0.15) is 18.3 Å². The number of hydrogen-bond acceptors (Lipinski definition) is 3. The van der Waals surface area contributed by atoms with Gasteiger partial charge in [0.2, 0.25) is 5.96 Å². The molecule has 5 nitrogen and oxygen atoms in total. The Morgan fingerprint density at radius 3 is 2.58 bits per heavy atom. The maximum atomic E-state index is 12.6. The highest BCUT2D eigenvalue weighted by molar-refractivity contribution is 5.85. The molecule has 0 aromatic heterocycles. The molecule has 1 rings (SSSR count). The summed E-state index contributed by atoms with van der Waals surface area (Å²) in [6.07, 6.45) is -3.34. The van der Waals surface area contributed by atoms with Gasteiger partial charge in [-0.1, -0.05) is 0 Å². The summed E-state index contributed by atoms with van der Waals surface area (Å²) in [5, 5.41) is 6.79. The number of benzene rings is 1. The lowest BCUT2D eigenvalue weighted by Crippen LogP contribution is -2.21. The molecule has 0 spiro atoms. The monoisotopic (exact) mass is 274 g/mol. The van der Waals surface area contributed by atoms with Crippen molar-refractivity contribution < 1.29 is 17.9 Å². The zero-order chi connectivity index (χ0) is 14.5. The summed E-state index contributed by atoms with van der Waals surface area (Å²) in [6.45, 7) is 2.03. The first-order valence-electron chi connectivity index (χ1n) is 5.30. The molecule has 0 saturated heterocycles. The first-order valence-corrected chi connectivity index (χ1v) is 5.30. The van der Waals surface area contributed by atoms with Crippen molar-refractivity contribution in [2.75, 3.05) is 6.61 Å². The number of halogens is 3. The van der Waals surface area contributed by atoms with Crippen LogP contribution in [0.4, 0.5) is 13.2 Å². The number of alkyl halides is 3. The van der Waals surface area contributed by atoms with Crippen LogP contribution < -0.4 is 16.2 Å². The molecule has 0 aliphatic rings. The van der Waals surface area contributed by atoms with Gasteiger partial charge in [-0.3, -0.25) is 0 Å². The zero-order valence-electron chi connectivity index (χ0n) is 10.1. The number of hydrogen-bond donors (Lipinski definition) is 2. The van der Waals surface area contributed by atoms with Crippen LogP contribution in [0.1, 0.15) is 18.1 Å². The highest BCUT2D eigenvalue weighted by atomic mass is 19.4. The lowest BCUT2D eigenvalue weighted by atomic mass is 10.1. The minimum Gasteiger partial charge on any atom is -0.493 e. The fraction of sp³-hybridized carbons (Fsp3) is 0.273. The van der Waals surface area contributed by atoms with E-state index in [1.165, 1.54) is 6.07 Å². The Kier molecular flexibility index (Phi) is 4.74. The maximum Gasteiger partial charge on any atom is 0.416 e. The molecule has 0 atom stereocenters. The standard InChI is InChI=1S/C11H13F3N4O/c1-2-19-9-4-3-8(11(12,13)14)5-7(9)6-17-18-10(15)16/h3-6H,2H2,1H3,(H4,15,16,18). The van der Waals surface area contributed by atoms with Crippen LogP contribution in [0, 0.1) is 0 Å². The van der Waals surface area contributed by atoms with Gasteiger partial charge in [-0.05, 0) is 25.1 Å². The van der Waals surface area contributed by atoms with Crippen molar-refractivity contribution in [2.45, 2.75) is 13.1 Å². The second-order valence-corrected chi connectivity index (χ2v) is 3.45. The van der Waals surface area contributed by atoms with Crippen molar-refractivity contribution in [3.8, 4) is 5.75 Å². The molecule has 1 aromatic carbocycles. The third kappa shape index (κ3) is 4.49. The molecule has 104 valence electrons. The molecule has 0 bridgehead atoms. The lowest BCUT2D eigenvalue weighted by molar-refractivity contribution is -0.137. The van der Waals surface area contributed by atoms with E-state index in [0.717, 1.165) is 18.3 Å². The van der Waals surface area contributed by atoms with Crippen LogP contribution in [0.3, 0.4) is 0 Å². The average molecular weight is 274 g/mol. The molecule has 8 heteroatoms. The molecule has 0 fully saturated rings. The van der Waals surface area contributed by atoms with Crippen molar-refractivity contribution in [3.63, 3.8) is 0 Å². The summed E-state index contributed by atoms with van der Waals surface area (Å²) in [7, 11) is 0. The van der Waals surface area contributed by atoms with Crippen LogP contribution in [0.2, 0.25) is 0 Å². The Morgan fingerprint density at radius 2 is 2.05 bits per heavy atom. The second kappa shape index (κ2) is 6.07. The van der Waals surface area contributed by atoms with E-state index < -0.39 is 11.7 Å². The van der Waals surface area contributed by atoms with Crippen molar-refractivity contribution in [3.05, 3.63) is 29.3 Å². The number of guanidine groups is 1. The SMILES string of the molecule is CCOc1ccc(C(F)(F)F)cc1C=NN=C(N)N. The van der Waals surface area contributed by atoms with E-state index in [4.69, 9.17) is 16.2 Å². The van der Waals surface area contributed by atoms with Crippen molar-refractivity contribution in [1.82, 2.24) is 0 Å². The molecule has 0 saturated carbocycles. The third-order valence-electron chi connectivity index (χ3n) is 2.01. The molecule has 0 aliphatic heterocycles. The topological polar surface area (TPSA) is 86.0 Å². The van der Waals surface area contributed by atoms with Gasteiger partial charge in [-0.25, -0.2) is 0 Å². The zero-order valence-corrected chi connectivity index (χ0v) is 10.1. The van der Waals surface area contributed by atoms with Gasteiger partial charge in [0, 0.05) is 5.56 Å². The Bertz CT molecular complexity index is 493. The van der Waals surface area contributed by atoms with E-state index in [9.17, 15) is 13.2 Å². The Labute approximate surface area is 107 Å². The van der Waals surface area contributed by atoms with Crippen LogP contribution in [0.5, 0.6) is 5.75 Å². The van der Waals surface area contributed by atoms with Gasteiger partial charge < -0.3 is 16.2 Å². The van der Waals surface area contributed by atoms with Crippen LogP contribution in [-0.4, -0.2) is 18.8 Å². The third-order valence-corrected chi connectivity index (χ3v) is 2.01. The summed E-state index contributed by atoms with van der Waals surface area (Å²) < 4.78 is 42.9. The predicted octanol–water partition coefficient (Wildman–Crippen LogP) is 1.71. The lowest BCUT2D eigenvalue weighted by Gasteiger charge is -2.11. The van der Waals surface area contributed by atoms with Gasteiger partial charge in [0.25, 0.3) is 0 Å². The van der Waals surface area contributed by atoms with Crippen LogP contribution >= 0.6 is 0 Å². The molecule has 0 radical (unpaired) electrons. The van der Waals surface area contributed by atoms with Crippen molar-refractivity contribution in [1.29, 1.82) is 0 Å². The Morgan fingerprint density at radius 1 is 1.37 bits per heavy atom. The molecule has 0 aliphatic carbocycles. The first-order chi connectivity index (χ1) is 8.84. The summed E-state index contributed by atoms with van der Waals surface area (Å²) in [6, 6.07) is 3.07. The smallest absolute Gasteiger partial charge is 0.416 e. The van der Waals surface area contributed by atoms with Crippen LogP contribution in [-0.2, 0) is 6.18 Å². The second-order valence-electron chi connectivity index (χ2n) is 3.45. The highest BCUT2D eigenvalue weighted by Gasteiger charge is 2.31. The fourth-order valence-electron chi connectivity index (χ4n) is 1.27. The number of nitrogens with two attached hydrogens (primary N) is 2. The Hall–Kier alpha value is -2.25. The molecule has 0 heterocycles. The minimum atomic E-state index is -4.44. The van der Waals surface area contributed by atoms with E-state index in [2.05, 4.69) is 10.2 Å². The van der Waals surface area contributed by atoms with Crippen molar-refractivity contribution in [2.24, 2.45) is 21.7 Å². The van der Waals surface area contributed by atoms with E-state index in [1.54, 1.807) is 6.92 Å². The molecule has 4 N–H and O–H groups in total. The quantitative estimate of drug-likeness (QED) is 0.498. The van der Waals surface area contributed by atoms with E-state index in [-0.39, 0.29) is 17.3 Å².